The van der Waals surface area contributed by atoms with Crippen LogP contribution in [0.15, 0.2) is 102 Å². The van der Waals surface area contributed by atoms with Gasteiger partial charge in [0, 0.05) is 38.4 Å². The molecule has 1 atom stereocenters. The van der Waals surface area contributed by atoms with E-state index in [1.165, 1.54) is 27.3 Å². The number of carbonyl (C=O) groups is 3. The summed E-state index contributed by atoms with van der Waals surface area (Å²) in [4.78, 5) is 37.2. The van der Waals surface area contributed by atoms with E-state index in [-0.39, 0.29) is 18.4 Å². The van der Waals surface area contributed by atoms with Crippen LogP contribution in [0.5, 0.6) is 11.5 Å². The van der Waals surface area contributed by atoms with Gasteiger partial charge in [0.05, 0.1) is 19.0 Å². The Bertz CT molecular complexity index is 2090. The molecule has 0 saturated carbocycles. The number of methoxy groups -OCH3 is 1. The summed E-state index contributed by atoms with van der Waals surface area (Å²) in [5.74, 6) is -0.691. The zero-order valence-electron chi connectivity index (χ0n) is 27.9. The molecule has 2 heterocycles. The number of thiophene rings is 1. The van der Waals surface area contributed by atoms with Gasteiger partial charge in [-0.05, 0) is 91.4 Å². The molecule has 258 valence electrons. The van der Waals surface area contributed by atoms with Gasteiger partial charge in [-0.15, -0.1) is 11.3 Å². The van der Waals surface area contributed by atoms with Crippen molar-refractivity contribution < 1.29 is 33.7 Å². The molecular formula is C39H37ClN2O7S. The van der Waals surface area contributed by atoms with Crippen molar-refractivity contribution in [3.05, 3.63) is 129 Å². The van der Waals surface area contributed by atoms with Crippen LogP contribution in [0, 0.1) is 6.92 Å². The van der Waals surface area contributed by atoms with E-state index < -0.39 is 18.5 Å². The summed E-state index contributed by atoms with van der Waals surface area (Å²) in [6, 6.07) is 30.5. The molecule has 0 aliphatic carbocycles. The zero-order valence-corrected chi connectivity index (χ0v) is 29.4. The van der Waals surface area contributed by atoms with Gasteiger partial charge in [0.15, 0.2) is 6.61 Å². The van der Waals surface area contributed by atoms with Crippen LogP contribution in [0.4, 0.5) is 0 Å². The fourth-order valence-corrected chi connectivity index (χ4v) is 6.51. The van der Waals surface area contributed by atoms with E-state index in [9.17, 15) is 14.4 Å². The molecule has 6 rings (SSSR count). The summed E-state index contributed by atoms with van der Waals surface area (Å²) in [6.07, 6.45) is 0.882. The van der Waals surface area contributed by atoms with Crippen LogP contribution in [-0.4, -0.2) is 54.8 Å². The first kappa shape index (κ1) is 36.1. The SMILES string of the molecule is CNCC[C@H](Oc1cccc2ccccc12)c1cccs1.COc1ccc2c(c1)c(CC(=O)OCC(=O)O)c(C)n2C(=O)c1ccc(Cl)cc1. The molecule has 4 aromatic carbocycles. The number of hydrogen-bond donors (Lipinski definition) is 2. The van der Waals surface area contributed by atoms with E-state index >= 15 is 0 Å². The Morgan fingerprint density at radius 3 is 2.40 bits per heavy atom. The van der Waals surface area contributed by atoms with Gasteiger partial charge in [-0.3, -0.25) is 14.2 Å². The maximum Gasteiger partial charge on any atom is 0.341 e. The summed E-state index contributed by atoms with van der Waals surface area (Å²) in [5.41, 5.74) is 2.16. The highest BCUT2D eigenvalue weighted by Crippen LogP contribution is 2.33. The second-order valence-corrected chi connectivity index (χ2v) is 12.7. The highest BCUT2D eigenvalue weighted by atomic mass is 35.5. The lowest BCUT2D eigenvalue weighted by Crippen LogP contribution is -2.16. The minimum absolute atomic E-state index is 0.100. The molecule has 2 N–H and O–H groups in total. The lowest BCUT2D eigenvalue weighted by molar-refractivity contribution is -0.154. The van der Waals surface area contributed by atoms with E-state index in [1.807, 2.05) is 7.05 Å². The largest absolute Gasteiger partial charge is 0.497 e. The van der Waals surface area contributed by atoms with Crippen LogP contribution < -0.4 is 14.8 Å². The summed E-state index contributed by atoms with van der Waals surface area (Å²) in [7, 11) is 3.49. The Hall–Kier alpha value is -5.16. The highest BCUT2D eigenvalue weighted by molar-refractivity contribution is 7.10. The number of fused-ring (bicyclic) bond motifs is 2. The zero-order chi connectivity index (χ0) is 35.6. The van der Waals surface area contributed by atoms with E-state index in [1.54, 1.807) is 60.7 Å². The average molecular weight is 713 g/mol. The Labute approximate surface area is 299 Å². The number of nitrogens with one attached hydrogen (secondary N) is 1. The number of aliphatic carboxylic acids is 1. The summed E-state index contributed by atoms with van der Waals surface area (Å²) < 4.78 is 17.9. The van der Waals surface area contributed by atoms with Gasteiger partial charge < -0.3 is 24.6 Å². The van der Waals surface area contributed by atoms with E-state index in [0.29, 0.717) is 38.5 Å². The number of nitrogens with zero attached hydrogens (tertiary/aromatic N) is 1. The molecule has 0 saturated heterocycles. The van der Waals surface area contributed by atoms with Gasteiger partial charge in [0.2, 0.25) is 0 Å². The molecule has 11 heteroatoms. The number of halogens is 1. The average Bonchev–Trinajstić information content (AvgIpc) is 3.76. The number of hydrogen-bond acceptors (Lipinski definition) is 8. The summed E-state index contributed by atoms with van der Waals surface area (Å²) in [6.45, 7) is 1.94. The second-order valence-electron chi connectivity index (χ2n) is 11.3. The number of rotatable bonds is 12. The standard InChI is InChI=1S/C21H18ClNO6.C18H19NOS/c1-12-16(10-20(26)29-11-19(24)25)17-9-15(28-2)7-8-18(17)23(12)21(27)13-3-5-14(22)6-4-13;1-19-12-11-17(18-10-5-13-21-18)20-16-9-4-7-14-6-2-3-8-15(14)16/h3-9H,10-11H2,1-2H3,(H,24,25);2-10,13,17,19H,11-12H2,1H3/t;17-/m.0/s1. The van der Waals surface area contributed by atoms with Crippen LogP contribution in [0.1, 0.15) is 39.0 Å². The number of carbonyl (C=O) groups excluding carboxylic acids is 2. The number of carboxylic acid groups (broad SMARTS) is 1. The topological polar surface area (TPSA) is 116 Å². The molecule has 0 bridgehead atoms. The Balaban J connectivity index is 0.000000204. The molecule has 6 aromatic rings. The third-order valence-electron chi connectivity index (χ3n) is 8.05. The highest BCUT2D eigenvalue weighted by Gasteiger charge is 2.23. The van der Waals surface area contributed by atoms with Crippen molar-refractivity contribution in [1.29, 1.82) is 0 Å². The quantitative estimate of drug-likeness (QED) is 0.122. The van der Waals surface area contributed by atoms with Gasteiger partial charge in [0.25, 0.3) is 5.91 Å². The van der Waals surface area contributed by atoms with E-state index in [0.717, 1.165) is 18.7 Å². The minimum atomic E-state index is -1.24. The monoisotopic (exact) mass is 712 g/mol. The molecule has 0 amide bonds. The molecule has 2 aromatic heterocycles. The summed E-state index contributed by atoms with van der Waals surface area (Å²) in [5, 5.41) is 17.6. The van der Waals surface area contributed by atoms with Crippen LogP contribution in [0.3, 0.4) is 0 Å². The number of aromatic nitrogens is 1. The van der Waals surface area contributed by atoms with Crippen molar-refractivity contribution in [2.24, 2.45) is 0 Å². The number of benzene rings is 4. The molecule has 50 heavy (non-hydrogen) atoms. The predicted molar refractivity (Wildman–Crippen MR) is 197 cm³/mol. The smallest absolute Gasteiger partial charge is 0.341 e. The van der Waals surface area contributed by atoms with Crippen LogP contribution in [-0.2, 0) is 20.7 Å². The van der Waals surface area contributed by atoms with Crippen molar-refractivity contribution in [3.8, 4) is 11.5 Å². The second kappa shape index (κ2) is 17.0. The molecule has 0 aliphatic rings. The fraction of sp³-hybridized carbons (Fsp3) is 0.205. The lowest BCUT2D eigenvalue weighted by atomic mass is 10.1. The van der Waals surface area contributed by atoms with Gasteiger partial charge in [-0.2, -0.15) is 0 Å². The van der Waals surface area contributed by atoms with Gasteiger partial charge >= 0.3 is 11.9 Å². The first-order valence-electron chi connectivity index (χ1n) is 15.9. The van der Waals surface area contributed by atoms with Crippen molar-refractivity contribution in [3.63, 3.8) is 0 Å². The van der Waals surface area contributed by atoms with Crippen LogP contribution in [0.2, 0.25) is 5.02 Å². The Kier molecular flexibility index (Phi) is 12.3. The molecule has 0 fully saturated rings. The van der Waals surface area contributed by atoms with Crippen molar-refractivity contribution in [2.45, 2.75) is 25.9 Å². The van der Waals surface area contributed by atoms with Crippen LogP contribution in [0.25, 0.3) is 21.7 Å². The molecule has 0 aliphatic heterocycles. The van der Waals surface area contributed by atoms with E-state index in [4.69, 9.17) is 30.9 Å². The molecule has 9 nitrogen and oxygen atoms in total. The molecule has 0 radical (unpaired) electrons. The van der Waals surface area contributed by atoms with Crippen LogP contribution >= 0.6 is 22.9 Å². The maximum absolute atomic E-state index is 13.2. The maximum atomic E-state index is 13.2. The van der Waals surface area contributed by atoms with Gasteiger partial charge in [-0.25, -0.2) is 4.79 Å². The first-order valence-corrected chi connectivity index (χ1v) is 17.1. The summed E-state index contributed by atoms with van der Waals surface area (Å²) >= 11 is 7.66. The number of esters is 1. The van der Waals surface area contributed by atoms with E-state index in [2.05, 4.69) is 65.3 Å². The molecular weight excluding hydrogens is 676 g/mol. The Morgan fingerprint density at radius 2 is 1.70 bits per heavy atom. The van der Waals surface area contributed by atoms with Gasteiger partial charge in [0.1, 0.15) is 17.6 Å². The van der Waals surface area contributed by atoms with Gasteiger partial charge in [-0.1, -0.05) is 54.1 Å². The normalized spacial score (nSPS) is 11.4. The molecule has 0 spiro atoms. The molecule has 0 unspecified atom stereocenters. The third-order valence-corrected chi connectivity index (χ3v) is 9.27. The van der Waals surface area contributed by atoms with Crippen molar-refractivity contribution >= 4 is 62.5 Å². The van der Waals surface area contributed by atoms with Crippen molar-refractivity contribution in [2.75, 3.05) is 27.3 Å². The third kappa shape index (κ3) is 8.70. The lowest BCUT2D eigenvalue weighted by Gasteiger charge is -2.19. The predicted octanol–water partition coefficient (Wildman–Crippen LogP) is 8.10. The first-order chi connectivity index (χ1) is 24.2. The number of ether oxygens (including phenoxy) is 3. The van der Waals surface area contributed by atoms with Crippen molar-refractivity contribution in [1.82, 2.24) is 9.88 Å². The fourth-order valence-electron chi connectivity index (χ4n) is 5.59. The Morgan fingerprint density at radius 1 is 0.940 bits per heavy atom. The minimum Gasteiger partial charge on any atom is -0.497 e. The number of carboxylic acids is 1.